The molecule has 0 radical (unpaired) electrons. The Balaban J connectivity index is 1.37. The number of nitrogens with one attached hydrogen (secondary N) is 1. The maximum absolute atomic E-state index is 13.7. The minimum atomic E-state index is -1.07. The monoisotopic (exact) mass is 589 g/mol. The molecule has 7 aromatic rings. The number of rotatable bonds is 9. The minimum absolute atomic E-state index is 0.0903. The lowest BCUT2D eigenvalue weighted by molar-refractivity contribution is 0.0698. The highest BCUT2D eigenvalue weighted by Gasteiger charge is 2.24. The fourth-order valence-corrected chi connectivity index (χ4v) is 6.76. The molecule has 2 N–H and O–H groups in total. The van der Waals surface area contributed by atoms with Gasteiger partial charge in [-0.3, -0.25) is 9.59 Å². The van der Waals surface area contributed by atoms with Crippen LogP contribution in [0.15, 0.2) is 109 Å². The fraction of sp³-hybridized carbons (Fsp3) is 0.125. The summed E-state index contributed by atoms with van der Waals surface area (Å²) in [5.74, 6) is -1.29. The molecule has 0 aromatic heterocycles. The second kappa shape index (κ2) is 11.5. The maximum Gasteiger partial charge on any atom is 0.336 e. The molecule has 0 aliphatic rings. The summed E-state index contributed by atoms with van der Waals surface area (Å²) in [6, 6.07) is 34.9. The SMILES string of the molecule is Cc1ccc2c3ccc(C(=O)O)c4c(C(=O)CCc5ccccc5)ccc(c5ccc(C(=O)NCCc6ccccc6)c1c25)c43. The van der Waals surface area contributed by atoms with E-state index in [0.717, 1.165) is 60.8 Å². The molecule has 0 saturated heterocycles. The van der Waals surface area contributed by atoms with Crippen molar-refractivity contribution in [1.82, 2.24) is 5.32 Å². The number of benzene rings is 7. The summed E-state index contributed by atoms with van der Waals surface area (Å²) in [5, 5.41) is 20.0. The van der Waals surface area contributed by atoms with Crippen LogP contribution in [-0.2, 0) is 12.8 Å². The summed E-state index contributed by atoms with van der Waals surface area (Å²) < 4.78 is 0. The van der Waals surface area contributed by atoms with Crippen molar-refractivity contribution in [2.24, 2.45) is 0 Å². The van der Waals surface area contributed by atoms with Crippen molar-refractivity contribution in [1.29, 1.82) is 0 Å². The second-order valence-corrected chi connectivity index (χ2v) is 11.6. The number of carboxylic acid groups (broad SMARTS) is 1. The van der Waals surface area contributed by atoms with Gasteiger partial charge in [0.05, 0.1) is 5.56 Å². The van der Waals surface area contributed by atoms with Gasteiger partial charge in [0.15, 0.2) is 5.78 Å². The zero-order valence-corrected chi connectivity index (χ0v) is 24.9. The van der Waals surface area contributed by atoms with Gasteiger partial charge in [0.2, 0.25) is 0 Å². The van der Waals surface area contributed by atoms with E-state index in [2.05, 4.69) is 17.4 Å². The quantitative estimate of drug-likeness (QED) is 0.100. The van der Waals surface area contributed by atoms with E-state index in [1.807, 2.05) is 91.9 Å². The summed E-state index contributed by atoms with van der Waals surface area (Å²) in [5.41, 5.74) is 4.34. The molecule has 5 heteroatoms. The van der Waals surface area contributed by atoms with Crippen LogP contribution in [0.5, 0.6) is 0 Å². The van der Waals surface area contributed by atoms with Crippen LogP contribution in [0.1, 0.15) is 54.2 Å². The number of carboxylic acids is 1. The molecule has 0 unspecified atom stereocenters. The number of hydrogen-bond acceptors (Lipinski definition) is 3. The summed E-state index contributed by atoms with van der Waals surface area (Å²) in [7, 11) is 0. The van der Waals surface area contributed by atoms with Gasteiger partial charge in [0.25, 0.3) is 5.91 Å². The largest absolute Gasteiger partial charge is 0.478 e. The van der Waals surface area contributed by atoms with Gasteiger partial charge in [-0.05, 0) is 86.3 Å². The predicted molar refractivity (Wildman–Crippen MR) is 181 cm³/mol. The smallest absolute Gasteiger partial charge is 0.336 e. The number of ketones is 1. The van der Waals surface area contributed by atoms with Crippen LogP contribution in [0.25, 0.3) is 43.1 Å². The molecule has 7 rings (SSSR count). The highest BCUT2D eigenvalue weighted by Crippen LogP contribution is 2.44. The molecule has 7 aromatic carbocycles. The first-order valence-electron chi connectivity index (χ1n) is 15.2. The molecule has 0 aliphatic heterocycles. The Hall–Kier alpha value is -5.55. The molecule has 0 atom stereocenters. The maximum atomic E-state index is 13.7. The number of carbonyl (C=O) groups excluding carboxylic acids is 2. The second-order valence-electron chi connectivity index (χ2n) is 11.6. The predicted octanol–water partition coefficient (Wildman–Crippen LogP) is 8.53. The Labute approximate surface area is 260 Å². The Morgan fingerprint density at radius 1 is 0.556 bits per heavy atom. The van der Waals surface area contributed by atoms with Crippen LogP contribution < -0.4 is 5.32 Å². The first kappa shape index (κ1) is 28.2. The molecule has 0 aliphatic carbocycles. The Kier molecular flexibility index (Phi) is 7.22. The van der Waals surface area contributed by atoms with E-state index < -0.39 is 5.97 Å². The van der Waals surface area contributed by atoms with Gasteiger partial charge >= 0.3 is 5.97 Å². The molecule has 0 bridgehead atoms. The van der Waals surface area contributed by atoms with Crippen molar-refractivity contribution in [3.63, 3.8) is 0 Å². The Bertz CT molecular complexity index is 2230. The van der Waals surface area contributed by atoms with Crippen LogP contribution in [0.2, 0.25) is 0 Å². The number of hydrogen-bond donors (Lipinski definition) is 2. The third-order valence-electron chi connectivity index (χ3n) is 8.91. The Morgan fingerprint density at radius 3 is 1.67 bits per heavy atom. The standard InChI is InChI=1S/C40H31NO4/c1-24-12-14-27-30-17-20-33(40(44)45)38-31(34(42)21-13-25-8-4-2-5-9-25)18-15-29(37(30)38)28-16-19-32(35(24)36(27)28)39(43)41-23-22-26-10-6-3-7-11-26/h2-12,14-20H,13,21-23H2,1H3,(H,41,43)(H,44,45). The van der Waals surface area contributed by atoms with E-state index in [9.17, 15) is 19.5 Å². The van der Waals surface area contributed by atoms with Crippen molar-refractivity contribution in [3.8, 4) is 0 Å². The topological polar surface area (TPSA) is 83.5 Å². The van der Waals surface area contributed by atoms with Crippen molar-refractivity contribution in [2.45, 2.75) is 26.2 Å². The van der Waals surface area contributed by atoms with Crippen LogP contribution >= 0.6 is 0 Å². The molecule has 220 valence electrons. The lowest BCUT2D eigenvalue weighted by Crippen LogP contribution is -2.26. The molecular weight excluding hydrogens is 558 g/mol. The number of fused-ring (bicyclic) bond motifs is 2. The van der Waals surface area contributed by atoms with Gasteiger partial charge in [-0.2, -0.15) is 0 Å². The van der Waals surface area contributed by atoms with E-state index in [4.69, 9.17) is 0 Å². The summed E-state index contributed by atoms with van der Waals surface area (Å²) >= 11 is 0. The van der Waals surface area contributed by atoms with Gasteiger partial charge < -0.3 is 10.4 Å². The van der Waals surface area contributed by atoms with Crippen molar-refractivity contribution in [3.05, 3.63) is 143 Å². The molecule has 1 amide bonds. The van der Waals surface area contributed by atoms with Crippen molar-refractivity contribution in [2.75, 3.05) is 6.54 Å². The van der Waals surface area contributed by atoms with Crippen LogP contribution in [0, 0.1) is 6.92 Å². The molecule has 0 spiro atoms. The minimum Gasteiger partial charge on any atom is -0.478 e. The van der Waals surface area contributed by atoms with Gasteiger partial charge in [0.1, 0.15) is 0 Å². The van der Waals surface area contributed by atoms with Gasteiger partial charge in [-0.15, -0.1) is 0 Å². The normalized spacial score (nSPS) is 11.5. The average molecular weight is 590 g/mol. The van der Waals surface area contributed by atoms with E-state index >= 15 is 0 Å². The number of Topliss-reactive ketones (excluding diaryl/α,β-unsaturated/α-hetero) is 1. The van der Waals surface area contributed by atoms with Crippen LogP contribution in [-0.4, -0.2) is 29.3 Å². The van der Waals surface area contributed by atoms with Crippen LogP contribution in [0.4, 0.5) is 0 Å². The molecular formula is C40H31NO4. The van der Waals surface area contributed by atoms with E-state index in [-0.39, 0.29) is 23.7 Å². The van der Waals surface area contributed by atoms with E-state index in [1.165, 1.54) is 0 Å². The number of aromatic carboxylic acids is 1. The lowest BCUT2D eigenvalue weighted by Gasteiger charge is -2.20. The van der Waals surface area contributed by atoms with Crippen molar-refractivity contribution >= 4 is 60.7 Å². The van der Waals surface area contributed by atoms with Crippen LogP contribution in [0.3, 0.4) is 0 Å². The van der Waals surface area contributed by atoms with Gasteiger partial charge in [0, 0.05) is 29.5 Å². The summed E-state index contributed by atoms with van der Waals surface area (Å²) in [4.78, 5) is 39.8. The average Bonchev–Trinajstić information content (AvgIpc) is 3.07. The number of aryl methyl sites for hydroxylation is 2. The highest BCUT2D eigenvalue weighted by molar-refractivity contribution is 6.37. The Morgan fingerprint density at radius 2 is 1.07 bits per heavy atom. The zero-order valence-electron chi connectivity index (χ0n) is 24.9. The third kappa shape index (κ3) is 4.96. The highest BCUT2D eigenvalue weighted by atomic mass is 16.4. The summed E-state index contributed by atoms with van der Waals surface area (Å²) in [6.07, 6.45) is 1.58. The van der Waals surface area contributed by atoms with Gasteiger partial charge in [-0.1, -0.05) is 97.1 Å². The molecule has 45 heavy (non-hydrogen) atoms. The lowest BCUT2D eigenvalue weighted by atomic mass is 9.83. The summed E-state index contributed by atoms with van der Waals surface area (Å²) in [6.45, 7) is 2.53. The molecule has 0 fully saturated rings. The molecule has 0 heterocycles. The molecule has 0 saturated carbocycles. The molecule has 5 nitrogen and oxygen atoms in total. The number of amides is 1. The number of carbonyl (C=O) groups is 3. The third-order valence-corrected chi connectivity index (χ3v) is 8.91. The van der Waals surface area contributed by atoms with E-state index in [0.29, 0.717) is 29.5 Å². The fourth-order valence-electron chi connectivity index (χ4n) is 6.76. The first-order valence-corrected chi connectivity index (χ1v) is 15.2. The first-order chi connectivity index (χ1) is 21.9. The van der Waals surface area contributed by atoms with Crippen molar-refractivity contribution < 1.29 is 19.5 Å². The van der Waals surface area contributed by atoms with E-state index in [1.54, 1.807) is 12.1 Å². The van der Waals surface area contributed by atoms with Gasteiger partial charge in [-0.25, -0.2) is 4.79 Å². The zero-order chi connectivity index (χ0) is 31.1.